The van der Waals surface area contributed by atoms with Crippen molar-refractivity contribution in [3.8, 4) is 11.5 Å². The first-order chi connectivity index (χ1) is 13.3. The minimum atomic E-state index is -1.67. The van der Waals surface area contributed by atoms with E-state index in [4.69, 9.17) is 14.6 Å². The van der Waals surface area contributed by atoms with Crippen molar-refractivity contribution in [2.75, 3.05) is 14.2 Å². The summed E-state index contributed by atoms with van der Waals surface area (Å²) in [6.45, 7) is 0.136. The summed E-state index contributed by atoms with van der Waals surface area (Å²) < 4.78 is 23.6. The number of benzene rings is 2. The Morgan fingerprint density at radius 1 is 1.00 bits per heavy atom. The molecular weight excluding hydrogens is 369 g/mol. The van der Waals surface area contributed by atoms with Crippen molar-refractivity contribution in [1.29, 1.82) is 0 Å². The average Bonchev–Trinajstić information content (AvgIpc) is 2.69. The fourth-order valence-corrected chi connectivity index (χ4v) is 2.56. The van der Waals surface area contributed by atoms with Gasteiger partial charge in [-0.25, -0.2) is 9.18 Å². The molecule has 0 saturated carbocycles. The molecule has 0 radical (unpaired) electrons. The number of carbonyl (C=O) groups excluding carboxylic acids is 2. The predicted molar refractivity (Wildman–Crippen MR) is 97.5 cm³/mol. The second-order valence-corrected chi connectivity index (χ2v) is 5.96. The summed E-state index contributed by atoms with van der Waals surface area (Å²) in [5.41, 5.74) is 1.27. The number of hydrogen-bond donors (Lipinski definition) is 1. The zero-order chi connectivity index (χ0) is 20.7. The summed E-state index contributed by atoms with van der Waals surface area (Å²) in [7, 11) is 2.98. The quantitative estimate of drug-likeness (QED) is 0.523. The molecule has 0 aromatic heterocycles. The van der Waals surface area contributed by atoms with Gasteiger partial charge in [-0.15, -0.1) is 0 Å². The summed E-state index contributed by atoms with van der Waals surface area (Å²) in [5, 5.41) is 8.77. The van der Waals surface area contributed by atoms with E-state index in [-0.39, 0.29) is 13.1 Å². The molecule has 2 rings (SSSR count). The van der Waals surface area contributed by atoms with Crippen molar-refractivity contribution < 1.29 is 33.4 Å². The molecule has 7 nitrogen and oxygen atoms in total. The van der Waals surface area contributed by atoms with Crippen LogP contribution in [0.3, 0.4) is 0 Å². The van der Waals surface area contributed by atoms with E-state index in [9.17, 15) is 18.8 Å². The highest BCUT2D eigenvalue weighted by Gasteiger charge is 2.23. The number of rotatable bonds is 9. The number of carboxylic acids is 1. The van der Waals surface area contributed by atoms with Crippen LogP contribution in [0.1, 0.15) is 17.5 Å². The molecule has 8 heteroatoms. The number of hydrogen-bond acceptors (Lipinski definition) is 5. The first kappa shape index (κ1) is 20.9. The zero-order valence-electron chi connectivity index (χ0n) is 15.5. The Labute approximate surface area is 161 Å². The Morgan fingerprint density at radius 2 is 1.68 bits per heavy atom. The van der Waals surface area contributed by atoms with Crippen molar-refractivity contribution in [3.63, 3.8) is 0 Å². The van der Waals surface area contributed by atoms with Crippen molar-refractivity contribution in [1.82, 2.24) is 4.90 Å². The number of aliphatic carboxylic acids is 1. The molecule has 0 atom stereocenters. The van der Waals surface area contributed by atoms with E-state index in [0.717, 1.165) is 0 Å². The number of ketones is 1. The summed E-state index contributed by atoms with van der Waals surface area (Å²) in [6, 6.07) is 10.6. The van der Waals surface area contributed by atoms with E-state index in [2.05, 4.69) is 0 Å². The standard InChI is InChI=1S/C20H20FNO6/c1-27-16-8-5-14(18(9-16)28-2)12-22(19(24)10-17(23)20(25)26)11-13-3-6-15(21)7-4-13/h3-9H,10-12H2,1-2H3,(H,25,26). The number of carbonyl (C=O) groups is 3. The molecule has 2 aromatic carbocycles. The molecule has 0 aliphatic rings. The number of Topliss-reactive ketones (excluding diaryl/α,β-unsaturated/α-hetero) is 1. The Balaban J connectivity index is 2.29. The van der Waals surface area contributed by atoms with Crippen LogP contribution in [-0.2, 0) is 27.5 Å². The highest BCUT2D eigenvalue weighted by atomic mass is 19.1. The predicted octanol–water partition coefficient (Wildman–Crippen LogP) is 2.42. The lowest BCUT2D eigenvalue weighted by atomic mass is 10.1. The summed E-state index contributed by atoms with van der Waals surface area (Å²) in [5.74, 6) is -2.90. The third-order valence-corrected chi connectivity index (χ3v) is 4.05. The SMILES string of the molecule is COc1ccc(CN(Cc2ccc(F)cc2)C(=O)CC(=O)C(=O)O)c(OC)c1. The topological polar surface area (TPSA) is 93.1 Å². The van der Waals surface area contributed by atoms with Gasteiger partial charge in [0.05, 0.1) is 20.6 Å². The minimum Gasteiger partial charge on any atom is -0.497 e. The van der Waals surface area contributed by atoms with Crippen LogP contribution in [0.25, 0.3) is 0 Å². The van der Waals surface area contributed by atoms with Crippen molar-refractivity contribution in [2.45, 2.75) is 19.5 Å². The van der Waals surface area contributed by atoms with Crippen LogP contribution in [0.4, 0.5) is 4.39 Å². The zero-order valence-corrected chi connectivity index (χ0v) is 15.5. The number of halogens is 1. The summed E-state index contributed by atoms with van der Waals surface area (Å²) >= 11 is 0. The second-order valence-electron chi connectivity index (χ2n) is 5.96. The van der Waals surface area contributed by atoms with Crippen LogP contribution >= 0.6 is 0 Å². The van der Waals surface area contributed by atoms with Gasteiger partial charge in [-0.05, 0) is 29.8 Å². The fourth-order valence-electron chi connectivity index (χ4n) is 2.56. The molecule has 0 unspecified atom stereocenters. The van der Waals surface area contributed by atoms with Gasteiger partial charge >= 0.3 is 5.97 Å². The molecule has 0 aliphatic carbocycles. The van der Waals surface area contributed by atoms with Gasteiger partial charge in [0.2, 0.25) is 11.7 Å². The van der Waals surface area contributed by atoms with Gasteiger partial charge in [0.1, 0.15) is 17.3 Å². The van der Waals surface area contributed by atoms with Gasteiger partial charge in [0.25, 0.3) is 0 Å². The van der Waals surface area contributed by atoms with Crippen LogP contribution < -0.4 is 9.47 Å². The molecule has 0 fully saturated rings. The van der Waals surface area contributed by atoms with Gasteiger partial charge in [0, 0.05) is 24.7 Å². The summed E-state index contributed by atoms with van der Waals surface area (Å²) in [6.07, 6.45) is -0.769. The number of amides is 1. The second kappa shape index (κ2) is 9.50. The molecular formula is C20H20FNO6. The Hall–Kier alpha value is -3.42. The monoisotopic (exact) mass is 389 g/mol. The maximum absolute atomic E-state index is 13.1. The molecule has 28 heavy (non-hydrogen) atoms. The molecule has 1 amide bonds. The highest BCUT2D eigenvalue weighted by molar-refractivity contribution is 6.36. The first-order valence-corrected chi connectivity index (χ1v) is 8.33. The van der Waals surface area contributed by atoms with E-state index in [1.807, 2.05) is 0 Å². The maximum atomic E-state index is 13.1. The van der Waals surface area contributed by atoms with E-state index in [0.29, 0.717) is 22.6 Å². The van der Waals surface area contributed by atoms with Crippen molar-refractivity contribution in [2.24, 2.45) is 0 Å². The Bertz CT molecular complexity index is 865. The van der Waals surface area contributed by atoms with Crippen molar-refractivity contribution in [3.05, 3.63) is 59.4 Å². The van der Waals surface area contributed by atoms with Gasteiger partial charge in [-0.3, -0.25) is 9.59 Å². The molecule has 148 valence electrons. The van der Waals surface area contributed by atoms with Gasteiger partial charge in [-0.2, -0.15) is 0 Å². The first-order valence-electron chi connectivity index (χ1n) is 8.33. The third-order valence-electron chi connectivity index (χ3n) is 4.05. The smallest absolute Gasteiger partial charge is 0.372 e. The summed E-state index contributed by atoms with van der Waals surface area (Å²) in [4.78, 5) is 36.1. The van der Waals surface area contributed by atoms with E-state index >= 15 is 0 Å². The van der Waals surface area contributed by atoms with Crippen LogP contribution in [-0.4, -0.2) is 41.9 Å². The van der Waals surface area contributed by atoms with Gasteiger partial charge in [0.15, 0.2) is 0 Å². The number of carboxylic acid groups (broad SMARTS) is 1. The lowest BCUT2D eigenvalue weighted by Gasteiger charge is -2.24. The molecule has 0 heterocycles. The van der Waals surface area contributed by atoms with Gasteiger partial charge < -0.3 is 19.5 Å². The van der Waals surface area contributed by atoms with Gasteiger partial charge in [-0.1, -0.05) is 12.1 Å². The molecule has 2 aromatic rings. The normalized spacial score (nSPS) is 10.2. The van der Waals surface area contributed by atoms with Crippen molar-refractivity contribution >= 4 is 17.7 Å². The average molecular weight is 389 g/mol. The maximum Gasteiger partial charge on any atom is 0.372 e. The Kier molecular flexibility index (Phi) is 7.08. The third kappa shape index (κ3) is 5.54. The lowest BCUT2D eigenvalue weighted by Crippen LogP contribution is -2.33. The van der Waals surface area contributed by atoms with E-state index in [1.165, 1.54) is 43.4 Å². The molecule has 0 spiro atoms. The fraction of sp³-hybridized carbons (Fsp3) is 0.250. The number of nitrogens with zero attached hydrogens (tertiary/aromatic N) is 1. The number of ether oxygens (including phenoxy) is 2. The van der Waals surface area contributed by atoms with Crippen LogP contribution in [0.5, 0.6) is 11.5 Å². The minimum absolute atomic E-state index is 0.0658. The van der Waals surface area contributed by atoms with E-state index in [1.54, 1.807) is 18.2 Å². The molecule has 0 saturated heterocycles. The van der Waals surface area contributed by atoms with E-state index < -0.39 is 29.9 Å². The Morgan fingerprint density at radius 3 is 2.25 bits per heavy atom. The van der Waals surface area contributed by atoms with Crippen LogP contribution in [0, 0.1) is 5.82 Å². The lowest BCUT2D eigenvalue weighted by molar-refractivity contribution is -0.151. The molecule has 0 aliphatic heterocycles. The van der Waals surface area contributed by atoms with Crippen LogP contribution in [0.2, 0.25) is 0 Å². The molecule has 1 N–H and O–H groups in total. The largest absolute Gasteiger partial charge is 0.497 e. The van der Waals surface area contributed by atoms with Crippen LogP contribution in [0.15, 0.2) is 42.5 Å². The number of methoxy groups -OCH3 is 2. The molecule has 0 bridgehead atoms. The highest BCUT2D eigenvalue weighted by Crippen LogP contribution is 2.26.